The second-order valence-corrected chi connectivity index (χ2v) is 6.94. The van der Waals surface area contributed by atoms with Gasteiger partial charge in [0.15, 0.2) is 11.6 Å². The molecule has 1 N–H and O–H groups in total. The van der Waals surface area contributed by atoms with Gasteiger partial charge in [-0.25, -0.2) is 13.8 Å². The maximum absolute atomic E-state index is 13.7. The van der Waals surface area contributed by atoms with Crippen molar-refractivity contribution >= 4 is 0 Å². The van der Waals surface area contributed by atoms with Crippen molar-refractivity contribution in [2.45, 2.75) is 13.5 Å². The Morgan fingerprint density at radius 3 is 2.58 bits per heavy atom. The minimum absolute atomic E-state index is 0.0110. The summed E-state index contributed by atoms with van der Waals surface area (Å²) in [7, 11) is 0. The SMILES string of the molecule is CC1(Cn2cnc(-c3ccc(F)c(F)c3)c2-c2ccc(=O)[nH]c2)COC1. The van der Waals surface area contributed by atoms with E-state index in [9.17, 15) is 13.6 Å². The normalized spacial score (nSPS) is 15.7. The summed E-state index contributed by atoms with van der Waals surface area (Å²) in [6.07, 6.45) is 3.28. The van der Waals surface area contributed by atoms with Crippen molar-refractivity contribution in [3.63, 3.8) is 0 Å². The van der Waals surface area contributed by atoms with Gasteiger partial charge in [-0.3, -0.25) is 4.79 Å². The van der Waals surface area contributed by atoms with Gasteiger partial charge in [-0.1, -0.05) is 6.92 Å². The summed E-state index contributed by atoms with van der Waals surface area (Å²) in [6.45, 7) is 4.08. The van der Waals surface area contributed by atoms with Gasteiger partial charge in [-0.2, -0.15) is 0 Å². The van der Waals surface area contributed by atoms with E-state index in [-0.39, 0.29) is 11.0 Å². The number of nitrogens with one attached hydrogen (secondary N) is 1. The molecule has 1 aliphatic heterocycles. The number of pyridine rings is 1. The van der Waals surface area contributed by atoms with E-state index in [1.54, 1.807) is 18.6 Å². The number of ether oxygens (including phenoxy) is 1. The topological polar surface area (TPSA) is 59.9 Å². The third kappa shape index (κ3) is 2.94. The molecule has 7 heteroatoms. The van der Waals surface area contributed by atoms with Crippen molar-refractivity contribution < 1.29 is 13.5 Å². The van der Waals surface area contributed by atoms with Crippen molar-refractivity contribution in [3.8, 4) is 22.5 Å². The number of benzene rings is 1. The minimum Gasteiger partial charge on any atom is -0.380 e. The lowest BCUT2D eigenvalue weighted by atomic mass is 9.88. The van der Waals surface area contributed by atoms with E-state index in [1.807, 2.05) is 4.57 Å². The quantitative estimate of drug-likeness (QED) is 0.780. The van der Waals surface area contributed by atoms with Gasteiger partial charge in [0.25, 0.3) is 0 Å². The van der Waals surface area contributed by atoms with Crippen molar-refractivity contribution in [2.24, 2.45) is 5.41 Å². The number of halogens is 2. The van der Waals surface area contributed by atoms with Gasteiger partial charge >= 0.3 is 0 Å². The molecule has 3 aromatic rings. The van der Waals surface area contributed by atoms with Crippen molar-refractivity contribution in [1.82, 2.24) is 14.5 Å². The van der Waals surface area contributed by atoms with E-state index in [4.69, 9.17) is 4.74 Å². The molecule has 1 saturated heterocycles. The molecule has 0 radical (unpaired) electrons. The molecule has 4 rings (SSSR count). The predicted octanol–water partition coefficient (Wildman–Crippen LogP) is 3.22. The Kier molecular flexibility index (Phi) is 3.96. The molecule has 0 unspecified atom stereocenters. The van der Waals surface area contributed by atoms with E-state index >= 15 is 0 Å². The Hall–Kier alpha value is -2.80. The summed E-state index contributed by atoms with van der Waals surface area (Å²) in [5, 5.41) is 0. The molecule has 0 saturated carbocycles. The second-order valence-electron chi connectivity index (χ2n) is 6.94. The first-order valence-corrected chi connectivity index (χ1v) is 8.23. The van der Waals surface area contributed by atoms with Crippen LogP contribution in [0.15, 0.2) is 47.7 Å². The number of imidazole rings is 1. The van der Waals surface area contributed by atoms with Gasteiger partial charge in [0.1, 0.15) is 0 Å². The summed E-state index contributed by atoms with van der Waals surface area (Å²) in [6, 6.07) is 6.83. The van der Waals surface area contributed by atoms with E-state index < -0.39 is 11.6 Å². The van der Waals surface area contributed by atoms with Crippen LogP contribution in [0.5, 0.6) is 0 Å². The molecule has 134 valence electrons. The fraction of sp³-hybridized carbons (Fsp3) is 0.263. The molecule has 5 nitrogen and oxygen atoms in total. The number of nitrogens with zero attached hydrogens (tertiary/aromatic N) is 2. The molecule has 0 atom stereocenters. The zero-order valence-corrected chi connectivity index (χ0v) is 14.1. The molecule has 0 amide bonds. The number of aromatic nitrogens is 3. The van der Waals surface area contributed by atoms with Crippen LogP contribution in [0.4, 0.5) is 8.78 Å². The molecule has 0 spiro atoms. The zero-order valence-electron chi connectivity index (χ0n) is 14.1. The first kappa shape index (κ1) is 16.7. The third-order valence-electron chi connectivity index (χ3n) is 4.54. The number of hydrogen-bond acceptors (Lipinski definition) is 3. The number of aromatic amines is 1. The minimum atomic E-state index is -0.927. The van der Waals surface area contributed by atoms with Gasteiger partial charge in [0, 0.05) is 35.3 Å². The maximum atomic E-state index is 13.7. The highest BCUT2D eigenvalue weighted by Gasteiger charge is 2.34. The average molecular weight is 357 g/mol. The second kappa shape index (κ2) is 6.17. The molecular weight excluding hydrogens is 340 g/mol. The summed E-state index contributed by atoms with van der Waals surface area (Å²) in [5.41, 5.74) is 2.25. The molecular formula is C19H17F2N3O2. The molecule has 2 aromatic heterocycles. The molecule has 1 aliphatic rings. The number of hydrogen-bond donors (Lipinski definition) is 1. The highest BCUT2D eigenvalue weighted by molar-refractivity contribution is 5.78. The monoisotopic (exact) mass is 357 g/mol. The molecule has 3 heterocycles. The predicted molar refractivity (Wildman–Crippen MR) is 92.6 cm³/mol. The van der Waals surface area contributed by atoms with Crippen LogP contribution >= 0.6 is 0 Å². The smallest absolute Gasteiger partial charge is 0.247 e. The Balaban J connectivity index is 1.85. The first-order valence-electron chi connectivity index (χ1n) is 8.23. The van der Waals surface area contributed by atoms with Crippen LogP contribution in [-0.4, -0.2) is 27.7 Å². The molecule has 0 aliphatic carbocycles. The van der Waals surface area contributed by atoms with Gasteiger partial charge in [-0.15, -0.1) is 0 Å². The van der Waals surface area contributed by atoms with Crippen LogP contribution in [0.25, 0.3) is 22.5 Å². The Bertz CT molecular complexity index is 1000. The van der Waals surface area contributed by atoms with E-state index in [0.717, 1.165) is 23.4 Å². The van der Waals surface area contributed by atoms with E-state index in [1.165, 1.54) is 12.1 Å². The highest BCUT2D eigenvalue weighted by Crippen LogP contribution is 2.35. The summed E-state index contributed by atoms with van der Waals surface area (Å²) < 4.78 is 34.3. The largest absolute Gasteiger partial charge is 0.380 e. The Morgan fingerprint density at radius 1 is 1.19 bits per heavy atom. The van der Waals surface area contributed by atoms with Crippen molar-refractivity contribution in [2.75, 3.05) is 13.2 Å². The van der Waals surface area contributed by atoms with Crippen LogP contribution in [0.1, 0.15) is 6.92 Å². The third-order valence-corrected chi connectivity index (χ3v) is 4.54. The summed E-state index contributed by atoms with van der Waals surface area (Å²) >= 11 is 0. The maximum Gasteiger partial charge on any atom is 0.247 e. The molecule has 26 heavy (non-hydrogen) atoms. The van der Waals surface area contributed by atoms with E-state index in [0.29, 0.717) is 31.0 Å². The fourth-order valence-electron chi connectivity index (χ4n) is 3.17. The van der Waals surface area contributed by atoms with Gasteiger partial charge in [0.05, 0.1) is 30.9 Å². The van der Waals surface area contributed by atoms with Gasteiger partial charge < -0.3 is 14.3 Å². The zero-order chi connectivity index (χ0) is 18.3. The number of H-pyrrole nitrogens is 1. The van der Waals surface area contributed by atoms with E-state index in [2.05, 4.69) is 16.9 Å². The average Bonchev–Trinajstić information content (AvgIpc) is 3.00. The van der Waals surface area contributed by atoms with Crippen molar-refractivity contribution in [3.05, 3.63) is 64.8 Å². The van der Waals surface area contributed by atoms with Crippen LogP contribution in [0.3, 0.4) is 0 Å². The molecule has 1 aromatic carbocycles. The Morgan fingerprint density at radius 2 is 1.96 bits per heavy atom. The fourth-order valence-corrected chi connectivity index (χ4v) is 3.17. The Labute approximate surface area is 148 Å². The van der Waals surface area contributed by atoms with Crippen LogP contribution in [-0.2, 0) is 11.3 Å². The van der Waals surface area contributed by atoms with Crippen LogP contribution < -0.4 is 5.56 Å². The lowest BCUT2D eigenvalue weighted by Gasteiger charge is -2.38. The first-order chi connectivity index (χ1) is 12.5. The molecule has 1 fully saturated rings. The van der Waals surface area contributed by atoms with Gasteiger partial charge in [-0.05, 0) is 24.3 Å². The lowest BCUT2D eigenvalue weighted by molar-refractivity contribution is -0.109. The van der Waals surface area contributed by atoms with Crippen LogP contribution in [0.2, 0.25) is 0 Å². The van der Waals surface area contributed by atoms with Crippen molar-refractivity contribution in [1.29, 1.82) is 0 Å². The molecule has 0 bridgehead atoms. The summed E-state index contributed by atoms with van der Waals surface area (Å²) in [5.74, 6) is -1.83. The van der Waals surface area contributed by atoms with Gasteiger partial charge in [0.2, 0.25) is 5.56 Å². The lowest BCUT2D eigenvalue weighted by Crippen LogP contribution is -2.43. The number of rotatable bonds is 4. The van der Waals surface area contributed by atoms with Crippen LogP contribution in [0, 0.1) is 17.0 Å². The standard InChI is InChI=1S/C19H17F2N3O2/c1-19(9-26-10-19)8-24-11-23-17(12-2-4-14(20)15(21)6-12)18(24)13-3-5-16(25)22-7-13/h2-7,11H,8-10H2,1H3,(H,22,25). The summed E-state index contributed by atoms with van der Waals surface area (Å²) in [4.78, 5) is 18.5. The highest BCUT2D eigenvalue weighted by atomic mass is 19.2.